The largest absolute Gasteiger partial charge is 0.495 e. The zero-order valence-corrected chi connectivity index (χ0v) is 18.9. The highest BCUT2D eigenvalue weighted by Crippen LogP contribution is 2.32. The Kier molecular flexibility index (Phi) is 7.39. The fraction of sp³-hybridized carbons (Fsp3) is 0.286. The van der Waals surface area contributed by atoms with Crippen LogP contribution in [0.4, 0.5) is 19.3 Å². The molecule has 1 amide bonds. The van der Waals surface area contributed by atoms with Crippen LogP contribution in [0.2, 0.25) is 0 Å². The number of rotatable bonds is 9. The number of carbonyl (C=O) groups excluding carboxylic acids is 1. The van der Waals surface area contributed by atoms with Gasteiger partial charge in [0.1, 0.15) is 12.4 Å². The molecule has 3 N–H and O–H groups in total. The Balaban J connectivity index is 1.77. The van der Waals surface area contributed by atoms with E-state index in [0.29, 0.717) is 22.2 Å². The monoisotopic (exact) mass is 483 g/mol. The van der Waals surface area contributed by atoms with E-state index in [-0.39, 0.29) is 30.8 Å². The maximum atomic E-state index is 13.5. The van der Waals surface area contributed by atoms with Crippen LogP contribution in [0.25, 0.3) is 22.2 Å². The SMILES string of the molecule is COc1ccc(-c2cc3cc(F)c(F)cc3[nH]2)cc1NS(=O)(=O)NC(=O)OCCOC(C)C. The van der Waals surface area contributed by atoms with Gasteiger partial charge in [-0.05, 0) is 44.2 Å². The number of hydrogen-bond acceptors (Lipinski definition) is 6. The smallest absolute Gasteiger partial charge is 0.422 e. The molecular formula is C21H23F2N3O6S. The van der Waals surface area contributed by atoms with Crippen LogP contribution in [0.1, 0.15) is 13.8 Å². The number of anilines is 1. The van der Waals surface area contributed by atoms with Gasteiger partial charge < -0.3 is 19.2 Å². The standard InChI is InChI=1S/C21H23F2N3O6S/c1-12(2)31-6-7-32-21(27)26-33(28,29)25-19-9-13(4-5-20(19)30-3)17-10-14-8-15(22)16(23)11-18(14)24-17/h4-5,8-12,24-25H,6-7H2,1-3H3,(H,26,27). The Morgan fingerprint density at radius 3 is 2.52 bits per heavy atom. The maximum absolute atomic E-state index is 13.5. The topological polar surface area (TPSA) is 119 Å². The molecule has 0 spiro atoms. The van der Waals surface area contributed by atoms with Crippen LogP contribution in [-0.4, -0.2) is 45.9 Å². The lowest BCUT2D eigenvalue weighted by atomic mass is 10.1. The molecule has 178 valence electrons. The molecule has 9 nitrogen and oxygen atoms in total. The molecule has 1 aromatic heterocycles. The van der Waals surface area contributed by atoms with Crippen molar-refractivity contribution in [3.05, 3.63) is 48.0 Å². The van der Waals surface area contributed by atoms with E-state index in [2.05, 4.69) is 9.71 Å². The minimum atomic E-state index is -4.36. The van der Waals surface area contributed by atoms with Gasteiger partial charge in [0.05, 0.1) is 25.5 Å². The van der Waals surface area contributed by atoms with Gasteiger partial charge in [0, 0.05) is 28.2 Å². The molecule has 0 saturated carbocycles. The molecule has 0 atom stereocenters. The van der Waals surface area contributed by atoms with E-state index in [4.69, 9.17) is 14.2 Å². The van der Waals surface area contributed by atoms with Gasteiger partial charge in [0.2, 0.25) is 0 Å². The highest BCUT2D eigenvalue weighted by molar-refractivity contribution is 7.91. The number of H-pyrrole nitrogens is 1. The Bertz CT molecular complexity index is 1220. The third-order valence-electron chi connectivity index (χ3n) is 4.40. The Morgan fingerprint density at radius 2 is 1.82 bits per heavy atom. The van der Waals surface area contributed by atoms with E-state index >= 15 is 0 Å². The molecule has 0 fully saturated rings. The average Bonchev–Trinajstić information content (AvgIpc) is 3.13. The van der Waals surface area contributed by atoms with Gasteiger partial charge in [-0.1, -0.05) is 0 Å². The first kappa shape index (κ1) is 24.3. The van der Waals surface area contributed by atoms with E-state index in [1.54, 1.807) is 16.9 Å². The van der Waals surface area contributed by atoms with E-state index < -0.39 is 27.9 Å². The number of hydrogen-bond donors (Lipinski definition) is 3. The van der Waals surface area contributed by atoms with Crippen LogP contribution in [0.5, 0.6) is 5.75 Å². The van der Waals surface area contributed by atoms with Crippen molar-refractivity contribution < 1.29 is 36.2 Å². The van der Waals surface area contributed by atoms with Crippen LogP contribution < -0.4 is 14.2 Å². The maximum Gasteiger partial charge on any atom is 0.422 e. The molecule has 3 aromatic rings. The van der Waals surface area contributed by atoms with E-state index in [1.807, 2.05) is 13.8 Å². The van der Waals surface area contributed by atoms with Crippen molar-refractivity contribution >= 4 is 32.9 Å². The quantitative estimate of drug-likeness (QED) is 0.397. The first-order chi connectivity index (χ1) is 15.6. The van der Waals surface area contributed by atoms with Gasteiger partial charge in [0.15, 0.2) is 11.6 Å². The summed E-state index contributed by atoms with van der Waals surface area (Å²) < 4.78 is 70.9. The third kappa shape index (κ3) is 6.33. The molecular weight excluding hydrogens is 460 g/mol. The molecule has 0 unspecified atom stereocenters. The summed E-state index contributed by atoms with van der Waals surface area (Å²) in [5.41, 5.74) is 1.37. The fourth-order valence-electron chi connectivity index (χ4n) is 2.96. The van der Waals surface area contributed by atoms with Crippen molar-refractivity contribution in [3.8, 4) is 17.0 Å². The molecule has 0 bridgehead atoms. The summed E-state index contributed by atoms with van der Waals surface area (Å²) in [4.78, 5) is 14.7. The Morgan fingerprint density at radius 1 is 1.09 bits per heavy atom. The molecule has 0 saturated heterocycles. The number of methoxy groups -OCH3 is 1. The second kappa shape index (κ2) is 10.0. The van der Waals surface area contributed by atoms with Gasteiger partial charge in [-0.3, -0.25) is 4.72 Å². The average molecular weight is 483 g/mol. The summed E-state index contributed by atoms with van der Waals surface area (Å²) >= 11 is 0. The molecule has 0 aliphatic rings. The van der Waals surface area contributed by atoms with E-state index in [0.717, 1.165) is 12.1 Å². The first-order valence-electron chi connectivity index (χ1n) is 9.83. The molecule has 0 radical (unpaired) electrons. The number of aromatic nitrogens is 1. The van der Waals surface area contributed by atoms with Gasteiger partial charge in [0.25, 0.3) is 0 Å². The lowest BCUT2D eigenvalue weighted by Crippen LogP contribution is -2.36. The lowest BCUT2D eigenvalue weighted by Gasteiger charge is -2.14. The number of amides is 1. The van der Waals surface area contributed by atoms with E-state index in [1.165, 1.54) is 19.2 Å². The van der Waals surface area contributed by atoms with Crippen molar-refractivity contribution in [2.24, 2.45) is 0 Å². The van der Waals surface area contributed by atoms with Crippen LogP contribution in [0.15, 0.2) is 36.4 Å². The normalized spacial score (nSPS) is 11.6. The number of aromatic amines is 1. The van der Waals surface area contributed by atoms with Crippen molar-refractivity contribution in [2.45, 2.75) is 20.0 Å². The number of benzene rings is 2. The Hall–Kier alpha value is -3.38. The zero-order valence-electron chi connectivity index (χ0n) is 18.1. The van der Waals surface area contributed by atoms with Crippen molar-refractivity contribution in [3.63, 3.8) is 0 Å². The van der Waals surface area contributed by atoms with Gasteiger partial charge in [-0.2, -0.15) is 8.42 Å². The number of nitrogens with one attached hydrogen (secondary N) is 3. The molecule has 0 aliphatic carbocycles. The molecule has 33 heavy (non-hydrogen) atoms. The minimum Gasteiger partial charge on any atom is -0.495 e. The van der Waals surface area contributed by atoms with Crippen LogP contribution >= 0.6 is 0 Å². The fourth-order valence-corrected chi connectivity index (χ4v) is 3.74. The predicted molar refractivity (Wildman–Crippen MR) is 118 cm³/mol. The second-order valence-electron chi connectivity index (χ2n) is 7.21. The van der Waals surface area contributed by atoms with Crippen LogP contribution in [0.3, 0.4) is 0 Å². The zero-order chi connectivity index (χ0) is 24.2. The summed E-state index contributed by atoms with van der Waals surface area (Å²) in [5, 5.41) is 0.438. The summed E-state index contributed by atoms with van der Waals surface area (Å²) in [5.74, 6) is -1.80. The van der Waals surface area contributed by atoms with Gasteiger partial charge in [-0.25, -0.2) is 18.3 Å². The summed E-state index contributed by atoms with van der Waals surface area (Å²) in [6.45, 7) is 3.61. The van der Waals surface area contributed by atoms with Crippen molar-refractivity contribution in [1.82, 2.24) is 9.71 Å². The minimum absolute atomic E-state index is 0.0226. The second-order valence-corrected chi connectivity index (χ2v) is 8.63. The number of carbonyl (C=O) groups is 1. The molecule has 0 aliphatic heterocycles. The molecule has 2 aromatic carbocycles. The highest BCUT2D eigenvalue weighted by Gasteiger charge is 2.19. The first-order valence-corrected chi connectivity index (χ1v) is 11.3. The number of fused-ring (bicyclic) bond motifs is 1. The van der Waals surface area contributed by atoms with Crippen LogP contribution in [-0.2, 0) is 19.7 Å². The summed E-state index contributed by atoms with van der Waals surface area (Å²) in [7, 11) is -3.01. The molecule has 1 heterocycles. The third-order valence-corrected chi connectivity index (χ3v) is 5.33. The molecule has 12 heteroatoms. The van der Waals surface area contributed by atoms with E-state index in [9.17, 15) is 22.0 Å². The summed E-state index contributed by atoms with van der Waals surface area (Å²) in [6.07, 6.45) is -1.23. The van der Waals surface area contributed by atoms with Crippen molar-refractivity contribution in [2.75, 3.05) is 25.0 Å². The van der Waals surface area contributed by atoms with Gasteiger partial charge in [-0.15, -0.1) is 0 Å². The highest BCUT2D eigenvalue weighted by atomic mass is 32.2. The Labute approximate surface area is 189 Å². The molecule has 3 rings (SSSR count). The number of halogens is 2. The summed E-state index contributed by atoms with van der Waals surface area (Å²) in [6, 6.07) is 8.25. The van der Waals surface area contributed by atoms with Crippen LogP contribution in [0, 0.1) is 11.6 Å². The van der Waals surface area contributed by atoms with Gasteiger partial charge >= 0.3 is 16.3 Å². The number of ether oxygens (including phenoxy) is 3. The predicted octanol–water partition coefficient (Wildman–Crippen LogP) is 3.93. The lowest BCUT2D eigenvalue weighted by molar-refractivity contribution is 0.0408. The van der Waals surface area contributed by atoms with Crippen molar-refractivity contribution in [1.29, 1.82) is 0 Å².